The summed E-state index contributed by atoms with van der Waals surface area (Å²) in [6.07, 6.45) is 2.04. The maximum absolute atomic E-state index is 10.3. The van der Waals surface area contributed by atoms with E-state index in [1.165, 1.54) is 5.57 Å². The predicted molar refractivity (Wildman–Crippen MR) is 43.9 cm³/mol. The zero-order chi connectivity index (χ0) is 8.15. The van der Waals surface area contributed by atoms with Crippen molar-refractivity contribution >= 4 is 6.29 Å². The molecule has 0 rings (SSSR count). The molecule has 0 amide bonds. The first-order valence-electron chi connectivity index (χ1n) is 3.76. The van der Waals surface area contributed by atoms with Crippen LogP contribution in [0.25, 0.3) is 0 Å². The maximum Gasteiger partial charge on any atom is 0.145 e. The SMILES string of the molecule is CCC(C)C(C)=C(C)C=O. The molecule has 0 aromatic heterocycles. The van der Waals surface area contributed by atoms with Gasteiger partial charge >= 0.3 is 0 Å². The molecule has 1 atom stereocenters. The Balaban J connectivity index is 4.29. The molecule has 0 aliphatic rings. The van der Waals surface area contributed by atoms with Crippen LogP contribution in [0.2, 0.25) is 0 Å². The maximum atomic E-state index is 10.3. The first kappa shape index (κ1) is 9.41. The van der Waals surface area contributed by atoms with Crippen molar-refractivity contribution in [3.05, 3.63) is 11.1 Å². The van der Waals surface area contributed by atoms with Crippen molar-refractivity contribution in [3.63, 3.8) is 0 Å². The van der Waals surface area contributed by atoms with Gasteiger partial charge in [0.1, 0.15) is 6.29 Å². The van der Waals surface area contributed by atoms with Gasteiger partial charge in [0.2, 0.25) is 0 Å². The number of rotatable bonds is 3. The summed E-state index contributed by atoms with van der Waals surface area (Å²) in [5, 5.41) is 0. The second-order valence-electron chi connectivity index (χ2n) is 2.79. The van der Waals surface area contributed by atoms with E-state index in [0.29, 0.717) is 5.92 Å². The summed E-state index contributed by atoms with van der Waals surface area (Å²) >= 11 is 0. The number of hydrogen-bond acceptors (Lipinski definition) is 1. The first-order chi connectivity index (χ1) is 4.63. The summed E-state index contributed by atoms with van der Waals surface area (Å²) in [5.74, 6) is 0.546. The molecule has 0 spiro atoms. The average Bonchev–Trinajstić information content (AvgIpc) is 2.00. The van der Waals surface area contributed by atoms with E-state index in [1.807, 2.05) is 13.8 Å². The van der Waals surface area contributed by atoms with Crippen molar-refractivity contribution in [2.75, 3.05) is 0 Å². The highest BCUT2D eigenvalue weighted by atomic mass is 16.1. The van der Waals surface area contributed by atoms with Crippen LogP contribution >= 0.6 is 0 Å². The van der Waals surface area contributed by atoms with Crippen LogP contribution in [0.5, 0.6) is 0 Å². The lowest BCUT2D eigenvalue weighted by atomic mass is 9.96. The van der Waals surface area contributed by atoms with Crippen LogP contribution < -0.4 is 0 Å². The van der Waals surface area contributed by atoms with Crippen LogP contribution in [0.4, 0.5) is 0 Å². The van der Waals surface area contributed by atoms with Crippen LogP contribution in [0.15, 0.2) is 11.1 Å². The summed E-state index contributed by atoms with van der Waals surface area (Å²) in [4.78, 5) is 10.3. The van der Waals surface area contributed by atoms with Gasteiger partial charge in [0, 0.05) is 0 Å². The molecule has 0 aliphatic carbocycles. The Hall–Kier alpha value is -0.590. The van der Waals surface area contributed by atoms with E-state index in [9.17, 15) is 4.79 Å². The first-order valence-corrected chi connectivity index (χ1v) is 3.76. The fraction of sp³-hybridized carbons (Fsp3) is 0.667. The van der Waals surface area contributed by atoms with E-state index < -0.39 is 0 Å². The van der Waals surface area contributed by atoms with Crippen molar-refractivity contribution in [2.45, 2.75) is 34.1 Å². The summed E-state index contributed by atoms with van der Waals surface area (Å²) in [5.41, 5.74) is 2.10. The number of aldehydes is 1. The van der Waals surface area contributed by atoms with Crippen molar-refractivity contribution in [2.24, 2.45) is 5.92 Å². The minimum Gasteiger partial charge on any atom is -0.298 e. The third-order valence-electron chi connectivity index (χ3n) is 2.15. The number of carbonyl (C=O) groups excluding carboxylic acids is 1. The zero-order valence-electron chi connectivity index (χ0n) is 7.27. The topological polar surface area (TPSA) is 17.1 Å². The Bertz CT molecular complexity index is 145. The fourth-order valence-corrected chi connectivity index (χ4v) is 0.788. The molecule has 0 N–H and O–H groups in total. The lowest BCUT2D eigenvalue weighted by molar-refractivity contribution is -0.104. The van der Waals surface area contributed by atoms with Gasteiger partial charge in [-0.05, 0) is 31.8 Å². The minimum atomic E-state index is 0.546. The largest absolute Gasteiger partial charge is 0.298 e. The average molecular weight is 140 g/mol. The monoisotopic (exact) mass is 140 g/mol. The summed E-state index contributed by atoms with van der Waals surface area (Å²) in [6, 6.07) is 0. The number of hydrogen-bond donors (Lipinski definition) is 0. The zero-order valence-corrected chi connectivity index (χ0v) is 7.27. The molecule has 1 nitrogen and oxygen atoms in total. The molecule has 0 fully saturated rings. The summed E-state index contributed by atoms with van der Waals surface area (Å²) in [7, 11) is 0. The van der Waals surface area contributed by atoms with Gasteiger partial charge in [-0.3, -0.25) is 4.79 Å². The van der Waals surface area contributed by atoms with Crippen LogP contribution in [0.1, 0.15) is 34.1 Å². The lowest BCUT2D eigenvalue weighted by Gasteiger charge is -2.09. The van der Waals surface area contributed by atoms with Crippen molar-refractivity contribution in [1.82, 2.24) is 0 Å². The molecule has 0 saturated carbocycles. The van der Waals surface area contributed by atoms with E-state index in [2.05, 4.69) is 13.8 Å². The molecule has 10 heavy (non-hydrogen) atoms. The molecule has 0 saturated heterocycles. The highest BCUT2D eigenvalue weighted by molar-refractivity contribution is 5.73. The van der Waals surface area contributed by atoms with E-state index in [-0.39, 0.29) is 0 Å². The number of carbonyl (C=O) groups is 1. The Kier molecular flexibility index (Phi) is 4.01. The van der Waals surface area contributed by atoms with Gasteiger partial charge in [-0.2, -0.15) is 0 Å². The smallest absolute Gasteiger partial charge is 0.145 e. The minimum absolute atomic E-state index is 0.546. The van der Waals surface area contributed by atoms with Gasteiger partial charge < -0.3 is 0 Å². The lowest BCUT2D eigenvalue weighted by Crippen LogP contribution is -1.97. The van der Waals surface area contributed by atoms with Gasteiger partial charge in [-0.1, -0.05) is 19.4 Å². The van der Waals surface area contributed by atoms with E-state index in [4.69, 9.17) is 0 Å². The van der Waals surface area contributed by atoms with Crippen LogP contribution in [-0.2, 0) is 4.79 Å². The molecule has 0 aliphatic heterocycles. The molecule has 1 unspecified atom stereocenters. The summed E-state index contributed by atoms with van der Waals surface area (Å²) < 4.78 is 0. The Morgan fingerprint density at radius 1 is 1.50 bits per heavy atom. The predicted octanol–water partition coefficient (Wildman–Crippen LogP) is 2.57. The molecule has 0 bridgehead atoms. The molecular weight excluding hydrogens is 124 g/mol. The van der Waals surface area contributed by atoms with Crippen molar-refractivity contribution in [3.8, 4) is 0 Å². The standard InChI is InChI=1S/C9H16O/c1-5-7(2)9(4)8(3)6-10/h6-7H,5H2,1-4H3. The van der Waals surface area contributed by atoms with Gasteiger partial charge in [-0.25, -0.2) is 0 Å². The van der Waals surface area contributed by atoms with Crippen LogP contribution in [0, 0.1) is 5.92 Å². The molecular formula is C9H16O. The molecule has 0 aromatic carbocycles. The fourth-order valence-electron chi connectivity index (χ4n) is 0.788. The third kappa shape index (κ3) is 2.34. The number of allylic oxidation sites excluding steroid dienone is 2. The normalized spacial score (nSPS) is 16.0. The summed E-state index contributed by atoms with van der Waals surface area (Å²) in [6.45, 7) is 8.17. The quantitative estimate of drug-likeness (QED) is 0.435. The van der Waals surface area contributed by atoms with Gasteiger partial charge in [-0.15, -0.1) is 0 Å². The van der Waals surface area contributed by atoms with Gasteiger partial charge in [0.15, 0.2) is 0 Å². The van der Waals surface area contributed by atoms with E-state index in [0.717, 1.165) is 18.3 Å². The third-order valence-corrected chi connectivity index (χ3v) is 2.15. The highest BCUT2D eigenvalue weighted by Crippen LogP contribution is 2.15. The van der Waals surface area contributed by atoms with Crippen molar-refractivity contribution in [1.29, 1.82) is 0 Å². The Labute approximate surface area is 63.1 Å². The Morgan fingerprint density at radius 3 is 2.30 bits per heavy atom. The molecule has 0 aromatic rings. The Morgan fingerprint density at radius 2 is 2.00 bits per heavy atom. The highest BCUT2D eigenvalue weighted by Gasteiger charge is 2.03. The molecule has 58 valence electrons. The second kappa shape index (κ2) is 4.26. The second-order valence-corrected chi connectivity index (χ2v) is 2.79. The van der Waals surface area contributed by atoms with E-state index >= 15 is 0 Å². The van der Waals surface area contributed by atoms with Crippen molar-refractivity contribution < 1.29 is 4.79 Å². The molecule has 0 heterocycles. The van der Waals surface area contributed by atoms with Gasteiger partial charge in [0.25, 0.3) is 0 Å². The van der Waals surface area contributed by atoms with E-state index in [1.54, 1.807) is 0 Å². The van der Waals surface area contributed by atoms with Crippen LogP contribution in [-0.4, -0.2) is 6.29 Å². The van der Waals surface area contributed by atoms with Gasteiger partial charge in [0.05, 0.1) is 0 Å². The molecule has 1 heteroatoms. The molecule has 0 radical (unpaired) electrons. The van der Waals surface area contributed by atoms with Crippen LogP contribution in [0.3, 0.4) is 0 Å².